The molecular formula is C22H22N2O5S. The lowest BCUT2D eigenvalue weighted by atomic mass is 10.2. The molecule has 0 radical (unpaired) electrons. The second kappa shape index (κ2) is 9.32. The van der Waals surface area contributed by atoms with Gasteiger partial charge in [0, 0.05) is 5.69 Å². The van der Waals surface area contributed by atoms with Crippen LogP contribution < -0.4 is 19.5 Å². The van der Waals surface area contributed by atoms with Gasteiger partial charge in [0.25, 0.3) is 15.9 Å². The number of amides is 1. The highest BCUT2D eigenvalue weighted by atomic mass is 32.2. The second-order valence-corrected chi connectivity index (χ2v) is 8.17. The molecule has 3 rings (SSSR count). The molecular weight excluding hydrogens is 404 g/mol. The van der Waals surface area contributed by atoms with Crippen LogP contribution >= 0.6 is 0 Å². The molecule has 2 N–H and O–H groups in total. The molecule has 0 saturated heterocycles. The molecule has 0 fully saturated rings. The second-order valence-electron chi connectivity index (χ2n) is 6.48. The number of hydrogen-bond acceptors (Lipinski definition) is 5. The number of benzene rings is 3. The van der Waals surface area contributed by atoms with Crippen LogP contribution in [0.4, 0.5) is 11.4 Å². The molecule has 7 nitrogen and oxygen atoms in total. The van der Waals surface area contributed by atoms with Crippen molar-refractivity contribution in [1.29, 1.82) is 0 Å². The van der Waals surface area contributed by atoms with Crippen LogP contribution in [0.1, 0.15) is 5.56 Å². The van der Waals surface area contributed by atoms with E-state index in [1.165, 1.54) is 31.4 Å². The van der Waals surface area contributed by atoms with Gasteiger partial charge in [-0.2, -0.15) is 0 Å². The van der Waals surface area contributed by atoms with Gasteiger partial charge in [-0.1, -0.05) is 24.3 Å². The van der Waals surface area contributed by atoms with E-state index in [0.717, 1.165) is 5.56 Å². The van der Waals surface area contributed by atoms with Gasteiger partial charge in [0.15, 0.2) is 6.61 Å². The molecule has 0 aromatic heterocycles. The Morgan fingerprint density at radius 3 is 2.40 bits per heavy atom. The fourth-order valence-corrected chi connectivity index (χ4v) is 3.77. The number of ether oxygens (including phenoxy) is 2. The maximum Gasteiger partial charge on any atom is 0.262 e. The first-order chi connectivity index (χ1) is 14.4. The molecule has 0 aliphatic heterocycles. The molecule has 3 aromatic rings. The first-order valence-corrected chi connectivity index (χ1v) is 10.6. The summed E-state index contributed by atoms with van der Waals surface area (Å²) in [5.74, 6) is 0.673. The minimum absolute atomic E-state index is 0.0578. The molecule has 156 valence electrons. The highest BCUT2D eigenvalue weighted by molar-refractivity contribution is 7.92. The number of nitrogens with one attached hydrogen (secondary N) is 2. The number of carbonyl (C=O) groups is 1. The van der Waals surface area contributed by atoms with Gasteiger partial charge in [0.05, 0.1) is 17.7 Å². The maximum atomic E-state index is 12.6. The van der Waals surface area contributed by atoms with Crippen molar-refractivity contribution >= 4 is 27.3 Å². The van der Waals surface area contributed by atoms with Crippen LogP contribution in [0.2, 0.25) is 0 Å². The van der Waals surface area contributed by atoms with E-state index in [1.807, 2.05) is 25.1 Å². The quantitative estimate of drug-likeness (QED) is 0.571. The smallest absolute Gasteiger partial charge is 0.262 e. The third-order valence-electron chi connectivity index (χ3n) is 4.16. The largest absolute Gasteiger partial charge is 0.495 e. The van der Waals surface area contributed by atoms with Crippen molar-refractivity contribution in [2.75, 3.05) is 23.8 Å². The SMILES string of the molecule is COc1ccccc1NS(=O)(=O)c1ccc(NC(=O)COc2cccc(C)c2)cc1. The zero-order chi connectivity index (χ0) is 21.6. The van der Waals surface area contributed by atoms with Crippen molar-refractivity contribution < 1.29 is 22.7 Å². The summed E-state index contributed by atoms with van der Waals surface area (Å²) in [7, 11) is -2.34. The molecule has 0 bridgehead atoms. The van der Waals surface area contributed by atoms with Gasteiger partial charge in [0.2, 0.25) is 0 Å². The Balaban J connectivity index is 1.61. The average molecular weight is 426 g/mol. The Hall–Kier alpha value is -3.52. The van der Waals surface area contributed by atoms with E-state index in [0.29, 0.717) is 22.9 Å². The van der Waals surface area contributed by atoms with Gasteiger partial charge in [-0.3, -0.25) is 9.52 Å². The van der Waals surface area contributed by atoms with Gasteiger partial charge in [0.1, 0.15) is 11.5 Å². The lowest BCUT2D eigenvalue weighted by Crippen LogP contribution is -2.20. The lowest BCUT2D eigenvalue weighted by molar-refractivity contribution is -0.118. The fraction of sp³-hybridized carbons (Fsp3) is 0.136. The van der Waals surface area contributed by atoms with Crippen LogP contribution in [-0.4, -0.2) is 28.0 Å². The van der Waals surface area contributed by atoms with Crippen molar-refractivity contribution in [3.8, 4) is 11.5 Å². The Bertz CT molecular complexity index is 1130. The Morgan fingerprint density at radius 1 is 0.967 bits per heavy atom. The predicted molar refractivity (Wildman–Crippen MR) is 116 cm³/mol. The third-order valence-corrected chi connectivity index (χ3v) is 5.54. The number of para-hydroxylation sites is 2. The first-order valence-electron chi connectivity index (χ1n) is 9.12. The van der Waals surface area contributed by atoms with Crippen molar-refractivity contribution in [2.45, 2.75) is 11.8 Å². The zero-order valence-corrected chi connectivity index (χ0v) is 17.4. The Morgan fingerprint density at radius 2 is 1.70 bits per heavy atom. The normalized spacial score (nSPS) is 10.9. The summed E-state index contributed by atoms with van der Waals surface area (Å²) in [4.78, 5) is 12.1. The van der Waals surface area contributed by atoms with Gasteiger partial charge in [-0.05, 0) is 61.0 Å². The predicted octanol–water partition coefficient (Wildman–Crippen LogP) is 3.82. The summed E-state index contributed by atoms with van der Waals surface area (Å²) in [5.41, 5.74) is 1.83. The van der Waals surface area contributed by atoms with Gasteiger partial charge in [-0.25, -0.2) is 8.42 Å². The number of rotatable bonds is 8. The van der Waals surface area contributed by atoms with Crippen LogP contribution in [0.25, 0.3) is 0 Å². The van der Waals surface area contributed by atoms with Crippen molar-refractivity contribution in [3.63, 3.8) is 0 Å². The molecule has 3 aromatic carbocycles. The molecule has 0 aliphatic rings. The third kappa shape index (κ3) is 5.51. The summed E-state index contributed by atoms with van der Waals surface area (Å²) >= 11 is 0. The molecule has 0 unspecified atom stereocenters. The molecule has 0 aliphatic carbocycles. The number of anilines is 2. The van der Waals surface area contributed by atoms with Crippen LogP contribution in [0.15, 0.2) is 77.7 Å². The van der Waals surface area contributed by atoms with Crippen LogP contribution in [-0.2, 0) is 14.8 Å². The van der Waals surface area contributed by atoms with Crippen LogP contribution in [0.3, 0.4) is 0 Å². The van der Waals surface area contributed by atoms with Crippen LogP contribution in [0.5, 0.6) is 11.5 Å². The monoisotopic (exact) mass is 426 g/mol. The van der Waals surface area contributed by atoms with E-state index in [-0.39, 0.29) is 17.4 Å². The summed E-state index contributed by atoms with van der Waals surface area (Å²) in [6.07, 6.45) is 0. The molecule has 1 amide bonds. The molecule has 0 spiro atoms. The lowest BCUT2D eigenvalue weighted by Gasteiger charge is -2.12. The van der Waals surface area contributed by atoms with E-state index in [2.05, 4.69) is 10.0 Å². The number of carbonyl (C=O) groups excluding carboxylic acids is 1. The highest BCUT2D eigenvalue weighted by Gasteiger charge is 2.16. The maximum absolute atomic E-state index is 12.6. The number of aryl methyl sites for hydroxylation is 1. The molecule has 30 heavy (non-hydrogen) atoms. The van der Waals surface area contributed by atoms with Crippen LogP contribution in [0, 0.1) is 6.92 Å². The zero-order valence-electron chi connectivity index (χ0n) is 16.6. The first kappa shape index (κ1) is 21.2. The van der Waals surface area contributed by atoms with E-state index < -0.39 is 10.0 Å². The van der Waals surface area contributed by atoms with E-state index >= 15 is 0 Å². The minimum atomic E-state index is -3.81. The number of hydrogen-bond donors (Lipinski definition) is 2. The Kier molecular flexibility index (Phi) is 6.58. The molecule has 0 atom stereocenters. The average Bonchev–Trinajstić information content (AvgIpc) is 2.73. The van der Waals surface area contributed by atoms with Crippen molar-refractivity contribution in [2.24, 2.45) is 0 Å². The van der Waals surface area contributed by atoms with Gasteiger partial charge >= 0.3 is 0 Å². The van der Waals surface area contributed by atoms with Crippen molar-refractivity contribution in [3.05, 3.63) is 78.4 Å². The number of sulfonamides is 1. The summed E-state index contributed by atoms with van der Waals surface area (Å²) in [6.45, 7) is 1.78. The van der Waals surface area contributed by atoms with E-state index in [4.69, 9.17) is 9.47 Å². The van der Waals surface area contributed by atoms with Gasteiger partial charge in [-0.15, -0.1) is 0 Å². The molecule has 8 heteroatoms. The minimum Gasteiger partial charge on any atom is -0.495 e. The topological polar surface area (TPSA) is 93.7 Å². The van der Waals surface area contributed by atoms with E-state index in [9.17, 15) is 13.2 Å². The summed E-state index contributed by atoms with van der Waals surface area (Å²) in [6, 6.07) is 20.0. The molecule has 0 saturated carbocycles. The van der Waals surface area contributed by atoms with Crippen molar-refractivity contribution in [1.82, 2.24) is 0 Å². The summed E-state index contributed by atoms with van der Waals surface area (Å²) < 4.78 is 38.4. The fourth-order valence-electron chi connectivity index (χ4n) is 2.70. The number of methoxy groups -OCH3 is 1. The van der Waals surface area contributed by atoms with Gasteiger partial charge < -0.3 is 14.8 Å². The highest BCUT2D eigenvalue weighted by Crippen LogP contribution is 2.26. The standard InChI is InChI=1S/C22H22N2O5S/c1-16-6-5-7-18(14-16)29-15-22(25)23-17-10-12-19(13-11-17)30(26,27)24-20-8-3-4-9-21(20)28-2/h3-14,24H,15H2,1-2H3,(H,23,25). The van der Waals surface area contributed by atoms with E-state index in [1.54, 1.807) is 30.3 Å². The molecule has 0 heterocycles. The summed E-state index contributed by atoms with van der Waals surface area (Å²) in [5, 5.41) is 2.67. The Labute approximate surface area is 175 Å².